The van der Waals surface area contributed by atoms with E-state index in [0.717, 1.165) is 89.6 Å². The Kier molecular flexibility index (Phi) is 6.23. The van der Waals surface area contributed by atoms with Gasteiger partial charge in [0.2, 0.25) is 0 Å². The van der Waals surface area contributed by atoms with Gasteiger partial charge >= 0.3 is 6.01 Å². The highest BCUT2D eigenvalue weighted by atomic mass is 19.1. The average molecular weight is 569 g/mol. The summed E-state index contributed by atoms with van der Waals surface area (Å²) < 4.78 is 20.3. The van der Waals surface area contributed by atoms with Crippen LogP contribution in [0.3, 0.4) is 0 Å². The molecule has 42 heavy (non-hydrogen) atoms. The lowest BCUT2D eigenvalue weighted by atomic mass is 9.95. The van der Waals surface area contributed by atoms with Crippen LogP contribution >= 0.6 is 0 Å². The first-order chi connectivity index (χ1) is 20.5. The Morgan fingerprint density at radius 1 is 1.07 bits per heavy atom. The number of phenolic OH excluding ortho intramolecular Hbond substituents is 1. The number of benzene rings is 2. The van der Waals surface area contributed by atoms with Crippen LogP contribution in [0.1, 0.15) is 44.1 Å². The Morgan fingerprint density at radius 2 is 1.90 bits per heavy atom. The van der Waals surface area contributed by atoms with Gasteiger partial charge in [-0.3, -0.25) is 9.88 Å². The minimum atomic E-state index is -0.303. The minimum Gasteiger partial charge on any atom is -0.508 e. The van der Waals surface area contributed by atoms with Crippen molar-refractivity contribution in [2.75, 3.05) is 37.8 Å². The van der Waals surface area contributed by atoms with Crippen molar-refractivity contribution in [1.82, 2.24) is 25.2 Å². The number of phenols is 1. The van der Waals surface area contributed by atoms with Gasteiger partial charge in [0, 0.05) is 48.5 Å². The maximum Gasteiger partial charge on any atom is 0.319 e. The fourth-order valence-corrected chi connectivity index (χ4v) is 8.19. The maximum absolute atomic E-state index is 13.8. The van der Waals surface area contributed by atoms with Crippen LogP contribution in [0.25, 0.3) is 32.9 Å². The first-order valence-electron chi connectivity index (χ1n) is 15.4. The number of nitrogens with one attached hydrogen (secondary N) is 1. The molecule has 4 aromatic rings. The van der Waals surface area contributed by atoms with E-state index in [2.05, 4.69) is 21.2 Å². The van der Waals surface area contributed by atoms with Crippen LogP contribution in [-0.4, -0.2) is 81.5 Å². The summed E-state index contributed by atoms with van der Waals surface area (Å²) in [6, 6.07) is 12.9. The number of aromatic nitrogens is 3. The first-order valence-corrected chi connectivity index (χ1v) is 15.4. The highest BCUT2D eigenvalue weighted by Crippen LogP contribution is 2.43. The molecule has 4 aliphatic rings. The molecular weight excluding hydrogens is 531 g/mol. The molecule has 4 fully saturated rings. The van der Waals surface area contributed by atoms with E-state index in [1.807, 2.05) is 31.3 Å². The Morgan fingerprint density at radius 3 is 2.74 bits per heavy atom. The lowest BCUT2D eigenvalue weighted by Crippen LogP contribution is -2.51. The number of anilines is 1. The normalized spacial score (nSPS) is 27.3. The number of hydrogen-bond donors (Lipinski definition) is 2. The number of pyridine rings is 1. The molecule has 2 bridgehead atoms. The number of aryl methyl sites for hydroxylation is 1. The predicted molar refractivity (Wildman–Crippen MR) is 162 cm³/mol. The molecule has 2 N–H and O–H groups in total. The summed E-state index contributed by atoms with van der Waals surface area (Å²) in [4.78, 5) is 19.7. The van der Waals surface area contributed by atoms with Gasteiger partial charge in [-0.2, -0.15) is 9.97 Å². The van der Waals surface area contributed by atoms with E-state index in [-0.39, 0.29) is 24.0 Å². The lowest BCUT2D eigenvalue weighted by Gasteiger charge is -2.35. The molecule has 4 aliphatic heterocycles. The number of aromatic hydroxyl groups is 1. The van der Waals surface area contributed by atoms with Crippen molar-refractivity contribution in [1.29, 1.82) is 0 Å². The minimum absolute atomic E-state index is 0.00602. The zero-order valence-corrected chi connectivity index (χ0v) is 24.0. The van der Waals surface area contributed by atoms with E-state index < -0.39 is 0 Å². The summed E-state index contributed by atoms with van der Waals surface area (Å²) in [5.74, 6) is 1.07. The summed E-state index contributed by atoms with van der Waals surface area (Å²) in [5.41, 5.74) is 3.26. The molecule has 4 unspecified atom stereocenters. The topological polar surface area (TPSA) is 86.6 Å². The number of fused-ring (bicyclic) bond motifs is 5. The molecule has 4 atom stereocenters. The van der Waals surface area contributed by atoms with Crippen LogP contribution in [0.5, 0.6) is 11.8 Å². The van der Waals surface area contributed by atoms with E-state index in [0.29, 0.717) is 24.7 Å². The fraction of sp³-hybridized carbons (Fsp3) is 0.485. The van der Waals surface area contributed by atoms with E-state index in [1.165, 1.54) is 12.8 Å². The summed E-state index contributed by atoms with van der Waals surface area (Å²) in [5, 5.41) is 17.2. The second kappa shape index (κ2) is 10.0. The van der Waals surface area contributed by atoms with Gasteiger partial charge in [-0.25, -0.2) is 4.39 Å². The van der Waals surface area contributed by atoms with Gasteiger partial charge in [0.1, 0.15) is 24.8 Å². The van der Waals surface area contributed by atoms with Crippen LogP contribution in [-0.2, 0) is 0 Å². The molecule has 8 rings (SSSR count). The molecule has 218 valence electrons. The summed E-state index contributed by atoms with van der Waals surface area (Å²) in [6.45, 7) is 4.91. The van der Waals surface area contributed by atoms with Gasteiger partial charge < -0.3 is 20.1 Å². The SMILES string of the molecule is Cc1c(-c2cc(O)cc3ccccc23)ncc2c(N3CC4CCC(C3)N4)nc(OCC34CCCN3C(CF)CC4)nc12. The van der Waals surface area contributed by atoms with Gasteiger partial charge in [0.15, 0.2) is 0 Å². The molecule has 0 amide bonds. The monoisotopic (exact) mass is 568 g/mol. The number of rotatable bonds is 6. The van der Waals surface area contributed by atoms with Crippen molar-refractivity contribution in [3.8, 4) is 23.0 Å². The predicted octanol–water partition coefficient (Wildman–Crippen LogP) is 5.14. The molecule has 0 aliphatic carbocycles. The fourth-order valence-electron chi connectivity index (χ4n) is 8.19. The zero-order valence-electron chi connectivity index (χ0n) is 24.0. The highest BCUT2D eigenvalue weighted by Gasteiger charge is 2.50. The maximum atomic E-state index is 13.8. The molecule has 9 heteroatoms. The van der Waals surface area contributed by atoms with Gasteiger partial charge in [-0.05, 0) is 74.9 Å². The van der Waals surface area contributed by atoms with Crippen LogP contribution in [0, 0.1) is 6.92 Å². The van der Waals surface area contributed by atoms with Crippen molar-refractivity contribution >= 4 is 27.5 Å². The molecule has 4 saturated heterocycles. The number of hydrogen-bond acceptors (Lipinski definition) is 8. The lowest BCUT2D eigenvalue weighted by molar-refractivity contribution is 0.0772. The highest BCUT2D eigenvalue weighted by molar-refractivity contribution is 6.01. The Hall–Kier alpha value is -3.56. The standard InChI is InChI=1S/C33H37FN6O2/c1-20-29(27-14-25(41)13-21-5-2-3-6-26(21)27)35-16-28-30(20)37-32(38-31(28)39-17-22-7-8-23(18-39)36-22)42-19-33-10-4-12-40(33)24(15-34)9-11-33/h2-3,5-6,13-14,16,22-24,36,41H,4,7-12,15,17-19H2,1H3. The third kappa shape index (κ3) is 4.20. The second-order valence-corrected chi connectivity index (χ2v) is 12.7. The third-order valence-corrected chi connectivity index (χ3v) is 10.2. The number of alkyl halides is 1. The van der Waals surface area contributed by atoms with Crippen molar-refractivity contribution in [3.05, 3.63) is 48.2 Å². The molecule has 0 radical (unpaired) electrons. The van der Waals surface area contributed by atoms with Crippen molar-refractivity contribution in [2.45, 2.75) is 69.1 Å². The van der Waals surface area contributed by atoms with Gasteiger partial charge in [0.25, 0.3) is 0 Å². The molecule has 2 aromatic carbocycles. The molecule has 8 nitrogen and oxygen atoms in total. The summed E-state index contributed by atoms with van der Waals surface area (Å²) in [6.07, 6.45) is 8.14. The number of halogens is 1. The Bertz CT molecular complexity index is 1670. The van der Waals surface area contributed by atoms with E-state index in [1.54, 1.807) is 12.1 Å². The van der Waals surface area contributed by atoms with Crippen LogP contribution in [0.2, 0.25) is 0 Å². The molecule has 2 aromatic heterocycles. The molecule has 0 spiro atoms. The first kappa shape index (κ1) is 26.1. The van der Waals surface area contributed by atoms with Crippen molar-refractivity contribution in [2.24, 2.45) is 0 Å². The smallest absolute Gasteiger partial charge is 0.319 e. The Labute approximate surface area is 244 Å². The third-order valence-electron chi connectivity index (χ3n) is 10.2. The van der Waals surface area contributed by atoms with E-state index >= 15 is 0 Å². The zero-order chi connectivity index (χ0) is 28.4. The molecule has 0 saturated carbocycles. The molecular formula is C33H37FN6O2. The summed E-state index contributed by atoms with van der Waals surface area (Å²) >= 11 is 0. The largest absolute Gasteiger partial charge is 0.508 e. The number of ether oxygens (including phenoxy) is 1. The molecule has 6 heterocycles. The number of piperazine rings is 1. The van der Waals surface area contributed by atoms with Crippen molar-refractivity contribution < 1.29 is 14.2 Å². The van der Waals surface area contributed by atoms with E-state index in [4.69, 9.17) is 19.7 Å². The van der Waals surface area contributed by atoms with Crippen LogP contribution in [0.15, 0.2) is 42.6 Å². The number of nitrogens with zero attached hydrogens (tertiary/aromatic N) is 5. The van der Waals surface area contributed by atoms with Crippen LogP contribution in [0.4, 0.5) is 10.2 Å². The van der Waals surface area contributed by atoms with Gasteiger partial charge in [-0.1, -0.05) is 24.3 Å². The van der Waals surface area contributed by atoms with Gasteiger partial charge in [0.05, 0.1) is 22.1 Å². The quantitative estimate of drug-likeness (QED) is 0.331. The second-order valence-electron chi connectivity index (χ2n) is 12.7. The van der Waals surface area contributed by atoms with Gasteiger partial charge in [-0.15, -0.1) is 0 Å². The average Bonchev–Trinajstić information content (AvgIpc) is 3.68. The summed E-state index contributed by atoms with van der Waals surface area (Å²) in [7, 11) is 0. The van der Waals surface area contributed by atoms with E-state index in [9.17, 15) is 9.50 Å². The van der Waals surface area contributed by atoms with Crippen LogP contribution < -0.4 is 15.0 Å². The van der Waals surface area contributed by atoms with Crippen molar-refractivity contribution in [3.63, 3.8) is 0 Å². The Balaban J connectivity index is 1.23.